The highest BCUT2D eigenvalue weighted by atomic mass is 16.6. The summed E-state index contributed by atoms with van der Waals surface area (Å²) in [5, 5.41) is 19.7. The van der Waals surface area contributed by atoms with Crippen LogP contribution >= 0.6 is 0 Å². The summed E-state index contributed by atoms with van der Waals surface area (Å²) in [6, 6.07) is 9.75. The van der Waals surface area contributed by atoms with Crippen molar-refractivity contribution in [2.24, 2.45) is 10.3 Å². The number of hydrogen-bond acceptors (Lipinski definition) is 7. The summed E-state index contributed by atoms with van der Waals surface area (Å²) in [6.07, 6.45) is 0. The van der Waals surface area contributed by atoms with Gasteiger partial charge in [-0.3, -0.25) is 5.01 Å². The summed E-state index contributed by atoms with van der Waals surface area (Å²) >= 11 is 0. The average molecular weight is 306 g/mol. The fraction of sp³-hybridized carbons (Fsp3) is 0.467. The van der Waals surface area contributed by atoms with Crippen molar-refractivity contribution in [1.82, 2.24) is 10.5 Å². The van der Waals surface area contributed by atoms with E-state index in [2.05, 4.69) is 15.7 Å². The molecule has 1 aromatic rings. The van der Waals surface area contributed by atoms with Crippen molar-refractivity contribution in [3.8, 4) is 0 Å². The lowest BCUT2D eigenvalue weighted by Gasteiger charge is -2.27. The number of benzene rings is 1. The number of likely N-dealkylation sites (N-methyl/N-ethyl adjacent to an activating group) is 1. The Morgan fingerprint density at radius 2 is 2.18 bits per heavy atom. The molecule has 0 radical (unpaired) electrons. The fourth-order valence-corrected chi connectivity index (χ4v) is 2.26. The van der Waals surface area contributed by atoms with Crippen LogP contribution in [0.25, 0.3) is 0 Å². The molecule has 0 aliphatic carbocycles. The lowest BCUT2D eigenvalue weighted by molar-refractivity contribution is 0.0983. The Morgan fingerprint density at radius 3 is 2.82 bits per heavy atom. The Balaban J connectivity index is 2.09. The Kier molecular flexibility index (Phi) is 5.35. The zero-order valence-electron chi connectivity index (χ0n) is 13.1. The minimum Gasteiger partial charge on any atom is -0.478 e. The maximum atomic E-state index is 9.64. The molecule has 7 heteroatoms. The van der Waals surface area contributed by atoms with Gasteiger partial charge in [0.2, 0.25) is 5.90 Å². The number of hydroxylamine groups is 1. The van der Waals surface area contributed by atoms with Crippen molar-refractivity contribution >= 4 is 11.6 Å². The van der Waals surface area contributed by atoms with E-state index >= 15 is 0 Å². The lowest BCUT2D eigenvalue weighted by atomic mass is 9.95. The number of oxime groups is 1. The summed E-state index contributed by atoms with van der Waals surface area (Å²) in [6.45, 7) is 4.84. The average Bonchev–Trinajstić information content (AvgIpc) is 2.85. The van der Waals surface area contributed by atoms with Gasteiger partial charge in [0, 0.05) is 7.05 Å². The molecule has 7 nitrogen and oxygen atoms in total. The maximum Gasteiger partial charge on any atom is 0.236 e. The van der Waals surface area contributed by atoms with Crippen LogP contribution in [0.5, 0.6) is 0 Å². The van der Waals surface area contributed by atoms with Crippen molar-refractivity contribution in [2.45, 2.75) is 26.0 Å². The van der Waals surface area contributed by atoms with Crippen LogP contribution in [0.15, 0.2) is 40.6 Å². The largest absolute Gasteiger partial charge is 0.478 e. The third-order valence-corrected chi connectivity index (χ3v) is 3.46. The summed E-state index contributed by atoms with van der Waals surface area (Å²) in [4.78, 5) is 5.39. The third-order valence-electron chi connectivity index (χ3n) is 3.46. The summed E-state index contributed by atoms with van der Waals surface area (Å²) in [7, 11) is 1.80. The summed E-state index contributed by atoms with van der Waals surface area (Å²) in [5.41, 5.74) is 2.86. The standard InChI is InChI=1S/C15H22N4O3/c1-4-21-14-15(18-20,11-19(3)16-14)12(2)17-22-10-13-8-6-5-7-9-13/h5-9,18,20H,4,10-11H2,1-3H3. The van der Waals surface area contributed by atoms with Gasteiger partial charge in [-0.25, -0.2) is 0 Å². The first-order chi connectivity index (χ1) is 10.6. The first-order valence-electron chi connectivity index (χ1n) is 7.17. The second-order valence-electron chi connectivity index (χ2n) is 5.11. The van der Waals surface area contributed by atoms with Gasteiger partial charge in [-0.1, -0.05) is 35.5 Å². The second-order valence-corrected chi connectivity index (χ2v) is 5.11. The van der Waals surface area contributed by atoms with Crippen LogP contribution in [0.1, 0.15) is 19.4 Å². The highest BCUT2D eigenvalue weighted by Gasteiger charge is 2.47. The predicted molar refractivity (Wildman–Crippen MR) is 83.7 cm³/mol. The van der Waals surface area contributed by atoms with E-state index in [1.165, 1.54) is 0 Å². The van der Waals surface area contributed by atoms with Gasteiger partial charge in [0.05, 0.1) is 18.9 Å². The van der Waals surface area contributed by atoms with Crippen LogP contribution < -0.4 is 5.48 Å². The van der Waals surface area contributed by atoms with E-state index in [0.29, 0.717) is 31.4 Å². The molecule has 1 aliphatic heterocycles. The number of hydrogen-bond donors (Lipinski definition) is 2. The van der Waals surface area contributed by atoms with Crippen molar-refractivity contribution in [3.05, 3.63) is 35.9 Å². The van der Waals surface area contributed by atoms with Crippen LogP contribution in [0, 0.1) is 0 Å². The molecule has 120 valence electrons. The van der Waals surface area contributed by atoms with E-state index in [9.17, 15) is 5.21 Å². The smallest absolute Gasteiger partial charge is 0.236 e. The molecule has 2 N–H and O–H groups in total. The lowest BCUT2D eigenvalue weighted by Crippen LogP contribution is -2.58. The van der Waals surface area contributed by atoms with Crippen LogP contribution in [0.2, 0.25) is 0 Å². The molecule has 1 heterocycles. The van der Waals surface area contributed by atoms with E-state index in [-0.39, 0.29) is 0 Å². The van der Waals surface area contributed by atoms with E-state index in [1.807, 2.05) is 37.3 Å². The van der Waals surface area contributed by atoms with Gasteiger partial charge in [-0.15, -0.1) is 5.10 Å². The number of rotatable bonds is 6. The number of nitrogens with zero attached hydrogens (tertiary/aromatic N) is 3. The van der Waals surface area contributed by atoms with Crippen molar-refractivity contribution in [1.29, 1.82) is 0 Å². The van der Waals surface area contributed by atoms with Gasteiger partial charge in [0.25, 0.3) is 0 Å². The maximum absolute atomic E-state index is 9.64. The van der Waals surface area contributed by atoms with E-state index in [4.69, 9.17) is 9.57 Å². The van der Waals surface area contributed by atoms with Crippen molar-refractivity contribution in [3.63, 3.8) is 0 Å². The normalized spacial score (nSPS) is 21.7. The Hall–Kier alpha value is -2.12. The zero-order valence-corrected chi connectivity index (χ0v) is 13.1. The molecule has 0 fully saturated rings. The Bertz CT molecular complexity index is 547. The Morgan fingerprint density at radius 1 is 1.45 bits per heavy atom. The number of hydrazone groups is 1. The van der Waals surface area contributed by atoms with Crippen molar-refractivity contribution < 1.29 is 14.8 Å². The first-order valence-corrected chi connectivity index (χ1v) is 7.17. The number of nitrogens with one attached hydrogen (secondary N) is 1. The molecule has 22 heavy (non-hydrogen) atoms. The molecular weight excluding hydrogens is 284 g/mol. The Labute approximate surface area is 130 Å². The fourth-order valence-electron chi connectivity index (χ4n) is 2.26. The molecule has 0 bridgehead atoms. The molecule has 2 rings (SSSR count). The minimum absolute atomic E-state index is 0.358. The van der Waals surface area contributed by atoms with Crippen molar-refractivity contribution in [2.75, 3.05) is 20.2 Å². The molecule has 1 unspecified atom stereocenters. The topological polar surface area (TPSA) is 78.7 Å². The molecule has 0 amide bonds. The monoisotopic (exact) mass is 306 g/mol. The quantitative estimate of drug-likeness (QED) is 0.616. The van der Waals surface area contributed by atoms with Gasteiger partial charge in [0.15, 0.2) is 5.54 Å². The van der Waals surface area contributed by atoms with Gasteiger partial charge in [0.1, 0.15) is 6.61 Å². The van der Waals surface area contributed by atoms with E-state index < -0.39 is 5.54 Å². The molecular formula is C15H22N4O3. The zero-order chi connectivity index (χ0) is 16.0. The van der Waals surface area contributed by atoms with Crippen LogP contribution in [0.3, 0.4) is 0 Å². The van der Waals surface area contributed by atoms with Gasteiger partial charge in [-0.2, -0.15) is 5.48 Å². The third kappa shape index (κ3) is 3.37. The van der Waals surface area contributed by atoms with E-state index in [1.54, 1.807) is 19.0 Å². The van der Waals surface area contributed by atoms with Gasteiger partial charge in [-0.05, 0) is 19.4 Å². The van der Waals surface area contributed by atoms with Gasteiger partial charge >= 0.3 is 0 Å². The van der Waals surface area contributed by atoms with E-state index in [0.717, 1.165) is 5.56 Å². The molecule has 0 saturated heterocycles. The summed E-state index contributed by atoms with van der Waals surface area (Å²) in [5.74, 6) is 0.379. The minimum atomic E-state index is -0.985. The molecule has 1 aliphatic rings. The second kappa shape index (κ2) is 7.24. The van der Waals surface area contributed by atoms with Crippen LogP contribution in [-0.4, -0.2) is 47.6 Å². The molecule has 0 spiro atoms. The SMILES string of the molecule is CCOC1=NN(C)CC1(NO)C(C)=NOCc1ccccc1. The molecule has 0 aromatic heterocycles. The van der Waals surface area contributed by atoms with Gasteiger partial charge < -0.3 is 14.8 Å². The molecule has 1 aromatic carbocycles. The first kappa shape index (κ1) is 16.3. The van der Waals surface area contributed by atoms with Crippen LogP contribution in [0.4, 0.5) is 0 Å². The number of ether oxygens (including phenoxy) is 1. The molecule has 1 atom stereocenters. The summed E-state index contributed by atoms with van der Waals surface area (Å²) < 4.78 is 5.52. The highest BCUT2D eigenvalue weighted by Crippen LogP contribution is 2.20. The molecule has 0 saturated carbocycles. The predicted octanol–water partition coefficient (Wildman–Crippen LogP) is 1.59. The van der Waals surface area contributed by atoms with Crippen LogP contribution in [-0.2, 0) is 16.2 Å². The highest BCUT2D eigenvalue weighted by molar-refractivity contribution is 6.13.